The Labute approximate surface area is 208 Å². The van der Waals surface area contributed by atoms with Gasteiger partial charge in [-0.3, -0.25) is 19.7 Å². The van der Waals surface area contributed by atoms with Crippen molar-refractivity contribution in [1.82, 2.24) is 4.90 Å². The summed E-state index contributed by atoms with van der Waals surface area (Å²) in [4.78, 5) is 38.7. The van der Waals surface area contributed by atoms with Crippen LogP contribution < -0.4 is 4.74 Å². The summed E-state index contributed by atoms with van der Waals surface area (Å²) >= 11 is 6.61. The van der Waals surface area contributed by atoms with Gasteiger partial charge in [0.25, 0.3) is 5.69 Å². The number of nitro benzene ring substituents is 1. The normalized spacial score (nSPS) is 18.5. The Morgan fingerprint density at radius 1 is 0.971 bits per heavy atom. The molecule has 2 aromatic rings. The standard InChI is InChI=1S/C27H25ClN2O5/c1-29-20-4-2-6-22(31)26(20)25(27-21(29)5-3-7-23(27)32)17-10-13-24(19(28)14-17)35-15-16-8-11-18(12-9-16)30(33)34/h8-14,25H,2-7,15H2,1H3. The molecule has 3 aliphatic rings. The molecule has 0 N–H and O–H groups in total. The van der Waals surface area contributed by atoms with E-state index in [1.165, 1.54) is 12.1 Å². The molecule has 0 saturated heterocycles. The van der Waals surface area contributed by atoms with Gasteiger partial charge in [0.15, 0.2) is 11.6 Å². The van der Waals surface area contributed by atoms with Crippen LogP contribution in [0.25, 0.3) is 0 Å². The smallest absolute Gasteiger partial charge is 0.269 e. The number of Topliss-reactive ketones (excluding diaryl/α,β-unsaturated/α-hetero) is 2. The van der Waals surface area contributed by atoms with Crippen LogP contribution in [0.2, 0.25) is 5.02 Å². The van der Waals surface area contributed by atoms with Crippen LogP contribution >= 0.6 is 11.6 Å². The first-order valence-corrected chi connectivity index (χ1v) is 12.1. The number of hydrogen-bond donors (Lipinski definition) is 0. The van der Waals surface area contributed by atoms with E-state index in [4.69, 9.17) is 16.3 Å². The lowest BCUT2D eigenvalue weighted by Gasteiger charge is -2.42. The van der Waals surface area contributed by atoms with Crippen molar-refractivity contribution in [1.29, 1.82) is 0 Å². The van der Waals surface area contributed by atoms with Gasteiger partial charge < -0.3 is 9.64 Å². The van der Waals surface area contributed by atoms with E-state index in [0.717, 1.165) is 59.4 Å². The molecule has 2 aliphatic carbocycles. The van der Waals surface area contributed by atoms with E-state index in [0.29, 0.717) is 23.6 Å². The molecule has 180 valence electrons. The quantitative estimate of drug-likeness (QED) is 0.383. The molecule has 1 heterocycles. The summed E-state index contributed by atoms with van der Waals surface area (Å²) in [6.45, 7) is 0.201. The number of allylic oxidation sites excluding steroid dienone is 4. The van der Waals surface area contributed by atoms with Gasteiger partial charge in [0, 0.05) is 60.5 Å². The fraction of sp³-hybridized carbons (Fsp3) is 0.333. The average Bonchev–Trinajstić information content (AvgIpc) is 2.85. The van der Waals surface area contributed by atoms with Gasteiger partial charge in [0.2, 0.25) is 0 Å². The molecule has 0 amide bonds. The Morgan fingerprint density at radius 2 is 1.57 bits per heavy atom. The summed E-state index contributed by atoms with van der Waals surface area (Å²) in [5, 5.41) is 11.2. The number of halogens is 1. The van der Waals surface area contributed by atoms with Gasteiger partial charge in [-0.1, -0.05) is 17.7 Å². The minimum absolute atomic E-state index is 0.0196. The predicted molar refractivity (Wildman–Crippen MR) is 131 cm³/mol. The zero-order chi connectivity index (χ0) is 24.7. The number of nitro groups is 1. The number of rotatable bonds is 5. The van der Waals surface area contributed by atoms with E-state index in [9.17, 15) is 19.7 Å². The van der Waals surface area contributed by atoms with Crippen molar-refractivity contribution in [3.05, 3.63) is 91.3 Å². The number of hydrogen-bond acceptors (Lipinski definition) is 6. The third-order valence-electron chi connectivity index (χ3n) is 7.08. The maximum Gasteiger partial charge on any atom is 0.269 e. The van der Waals surface area contributed by atoms with Crippen molar-refractivity contribution < 1.29 is 19.2 Å². The van der Waals surface area contributed by atoms with Gasteiger partial charge in [-0.15, -0.1) is 0 Å². The number of non-ortho nitro benzene ring substituents is 1. The van der Waals surface area contributed by atoms with Crippen molar-refractivity contribution in [3.8, 4) is 5.75 Å². The monoisotopic (exact) mass is 492 g/mol. The maximum absolute atomic E-state index is 13.1. The Bertz CT molecular complexity index is 1250. The van der Waals surface area contributed by atoms with Gasteiger partial charge in [0.05, 0.1) is 9.95 Å². The molecular weight excluding hydrogens is 468 g/mol. The van der Waals surface area contributed by atoms with Crippen LogP contribution in [0.15, 0.2) is 65.0 Å². The van der Waals surface area contributed by atoms with Crippen LogP contribution in [0.5, 0.6) is 5.75 Å². The van der Waals surface area contributed by atoms with Crippen LogP contribution in [-0.2, 0) is 16.2 Å². The van der Waals surface area contributed by atoms with Gasteiger partial charge in [-0.05, 0) is 61.1 Å². The fourth-order valence-corrected chi connectivity index (χ4v) is 5.62. The van der Waals surface area contributed by atoms with E-state index in [2.05, 4.69) is 4.90 Å². The zero-order valence-electron chi connectivity index (χ0n) is 19.4. The highest BCUT2D eigenvalue weighted by atomic mass is 35.5. The second-order valence-corrected chi connectivity index (χ2v) is 9.58. The maximum atomic E-state index is 13.1. The third-order valence-corrected chi connectivity index (χ3v) is 7.37. The first-order chi connectivity index (χ1) is 16.8. The molecule has 0 unspecified atom stereocenters. The van der Waals surface area contributed by atoms with Crippen LogP contribution in [0, 0.1) is 10.1 Å². The highest BCUT2D eigenvalue weighted by molar-refractivity contribution is 6.32. The van der Waals surface area contributed by atoms with E-state index in [1.807, 2.05) is 13.1 Å². The summed E-state index contributed by atoms with van der Waals surface area (Å²) in [6.07, 6.45) is 4.27. The molecule has 8 heteroatoms. The van der Waals surface area contributed by atoms with Crippen molar-refractivity contribution in [2.24, 2.45) is 0 Å². The SMILES string of the molecule is CN1C2=C(C(=O)CCC2)C(c2ccc(OCc3ccc([N+](=O)[O-])cc3)c(Cl)c2)C2=C1CCCC2=O. The summed E-state index contributed by atoms with van der Waals surface area (Å²) in [7, 11) is 1.97. The molecule has 5 rings (SSSR count). The van der Waals surface area contributed by atoms with Crippen molar-refractivity contribution in [2.45, 2.75) is 51.0 Å². The topological polar surface area (TPSA) is 89.8 Å². The largest absolute Gasteiger partial charge is 0.487 e. The highest BCUT2D eigenvalue weighted by Gasteiger charge is 2.42. The average molecular weight is 493 g/mol. The van der Waals surface area contributed by atoms with Crippen molar-refractivity contribution in [3.63, 3.8) is 0 Å². The van der Waals surface area contributed by atoms with Crippen LogP contribution in [0.3, 0.4) is 0 Å². The van der Waals surface area contributed by atoms with Crippen molar-refractivity contribution >= 4 is 28.9 Å². The molecule has 2 aromatic carbocycles. The van der Waals surface area contributed by atoms with Crippen LogP contribution in [0.4, 0.5) is 5.69 Å². The lowest BCUT2D eigenvalue weighted by Crippen LogP contribution is -2.37. The highest BCUT2D eigenvalue weighted by Crippen LogP contribution is 2.49. The van der Waals surface area contributed by atoms with E-state index < -0.39 is 10.8 Å². The molecule has 0 radical (unpaired) electrons. The second-order valence-electron chi connectivity index (χ2n) is 9.17. The lowest BCUT2D eigenvalue weighted by molar-refractivity contribution is -0.384. The molecule has 0 aromatic heterocycles. The molecular formula is C27H25ClN2O5. The van der Waals surface area contributed by atoms with Crippen LogP contribution in [-0.4, -0.2) is 28.4 Å². The number of carbonyl (C=O) groups excluding carboxylic acids is 2. The molecule has 7 nitrogen and oxygen atoms in total. The van der Waals surface area contributed by atoms with E-state index in [-0.39, 0.29) is 23.9 Å². The molecule has 0 fully saturated rings. The molecule has 0 saturated carbocycles. The molecule has 1 aliphatic heterocycles. The fourth-order valence-electron chi connectivity index (χ4n) is 5.37. The van der Waals surface area contributed by atoms with Crippen molar-refractivity contribution in [2.75, 3.05) is 7.05 Å². The van der Waals surface area contributed by atoms with Crippen LogP contribution in [0.1, 0.15) is 55.6 Å². The number of nitrogens with zero attached hydrogens (tertiary/aromatic N) is 2. The number of carbonyl (C=O) groups is 2. The number of ketones is 2. The Hall–Kier alpha value is -3.45. The summed E-state index contributed by atoms with van der Waals surface area (Å²) in [6, 6.07) is 11.6. The Morgan fingerprint density at radius 3 is 2.11 bits per heavy atom. The van der Waals surface area contributed by atoms with Gasteiger partial charge in [-0.2, -0.15) is 0 Å². The minimum atomic E-state index is -0.445. The number of benzene rings is 2. The number of ether oxygens (including phenoxy) is 1. The van der Waals surface area contributed by atoms with Gasteiger partial charge in [0.1, 0.15) is 12.4 Å². The van der Waals surface area contributed by atoms with Gasteiger partial charge >= 0.3 is 0 Å². The first kappa shape index (κ1) is 23.3. The van der Waals surface area contributed by atoms with E-state index >= 15 is 0 Å². The molecule has 0 bridgehead atoms. The minimum Gasteiger partial charge on any atom is -0.487 e. The zero-order valence-corrected chi connectivity index (χ0v) is 20.1. The Balaban J connectivity index is 1.46. The molecule has 0 spiro atoms. The summed E-state index contributed by atoms with van der Waals surface area (Å²) in [5.41, 5.74) is 5.11. The van der Waals surface area contributed by atoms with E-state index in [1.54, 1.807) is 24.3 Å². The molecule has 0 atom stereocenters. The summed E-state index contributed by atoms with van der Waals surface area (Å²) in [5.74, 6) is 0.262. The third kappa shape index (κ3) is 4.25. The molecule has 35 heavy (non-hydrogen) atoms. The summed E-state index contributed by atoms with van der Waals surface area (Å²) < 4.78 is 5.87. The lowest BCUT2D eigenvalue weighted by atomic mass is 9.71. The van der Waals surface area contributed by atoms with Gasteiger partial charge in [-0.25, -0.2) is 0 Å². The first-order valence-electron chi connectivity index (χ1n) is 11.8. The second kappa shape index (κ2) is 9.30. The predicted octanol–water partition coefficient (Wildman–Crippen LogP) is 5.87. The Kier molecular flexibility index (Phi) is 6.19.